The van der Waals surface area contributed by atoms with Crippen molar-refractivity contribution in [1.82, 2.24) is 5.06 Å². The second-order valence-corrected chi connectivity index (χ2v) is 6.41. The van der Waals surface area contributed by atoms with Gasteiger partial charge < -0.3 is 9.57 Å². The predicted molar refractivity (Wildman–Crippen MR) is 97.9 cm³/mol. The molecule has 0 N–H and O–H groups in total. The molecule has 0 saturated heterocycles. The summed E-state index contributed by atoms with van der Waals surface area (Å²) < 4.78 is 5.15. The van der Waals surface area contributed by atoms with Crippen LogP contribution < -0.4 is 0 Å². The quantitative estimate of drug-likeness (QED) is 0.541. The third-order valence-corrected chi connectivity index (χ3v) is 4.23. The number of carbonyl (C=O) groups is 4. The molecule has 2 aromatic rings. The molecule has 0 aliphatic carbocycles. The maximum absolute atomic E-state index is 12.1. The first-order valence-electron chi connectivity index (χ1n) is 8.85. The van der Waals surface area contributed by atoms with Gasteiger partial charge in [0.1, 0.15) is 6.61 Å². The van der Waals surface area contributed by atoms with Gasteiger partial charge in [-0.1, -0.05) is 47.0 Å². The van der Waals surface area contributed by atoms with Crippen molar-refractivity contribution in [3.05, 3.63) is 70.8 Å². The number of amides is 2. The van der Waals surface area contributed by atoms with Crippen molar-refractivity contribution in [2.24, 2.45) is 0 Å². The molecule has 28 heavy (non-hydrogen) atoms. The first-order valence-corrected chi connectivity index (χ1v) is 8.85. The van der Waals surface area contributed by atoms with Crippen LogP contribution in [0.4, 0.5) is 0 Å². The zero-order valence-electron chi connectivity index (χ0n) is 15.3. The van der Waals surface area contributed by atoms with Gasteiger partial charge in [0.25, 0.3) is 11.8 Å². The van der Waals surface area contributed by atoms with E-state index < -0.39 is 23.8 Å². The highest BCUT2D eigenvalue weighted by atomic mass is 16.7. The van der Waals surface area contributed by atoms with E-state index in [0.717, 1.165) is 11.1 Å². The summed E-state index contributed by atoms with van der Waals surface area (Å²) in [4.78, 5) is 52.8. The van der Waals surface area contributed by atoms with Crippen molar-refractivity contribution in [3.63, 3.8) is 0 Å². The Kier molecular flexibility index (Phi) is 5.84. The minimum absolute atomic E-state index is 0.0308. The van der Waals surface area contributed by atoms with Crippen molar-refractivity contribution >= 4 is 23.8 Å². The minimum atomic E-state index is -0.763. The number of hydroxylamine groups is 2. The molecule has 0 unspecified atom stereocenters. The summed E-state index contributed by atoms with van der Waals surface area (Å²) in [6, 6.07) is 13.8. The van der Waals surface area contributed by atoms with Gasteiger partial charge in [0.05, 0.1) is 11.1 Å². The van der Waals surface area contributed by atoms with E-state index in [0.29, 0.717) is 5.06 Å². The fourth-order valence-corrected chi connectivity index (χ4v) is 2.69. The van der Waals surface area contributed by atoms with E-state index in [1.165, 1.54) is 12.1 Å². The third kappa shape index (κ3) is 4.43. The van der Waals surface area contributed by atoms with E-state index in [4.69, 9.17) is 9.57 Å². The van der Waals surface area contributed by atoms with Crippen LogP contribution in [0.25, 0.3) is 0 Å². The standard InChI is InChI=1S/C21H19NO6/c1-14-9-11-15(12-10-14)13-27-18(23)7-4-8-19(24)28-22-20(25)16-5-2-3-6-17(16)21(22)26/h2-3,5-6,9-12H,4,7-8,13H2,1H3. The molecule has 0 radical (unpaired) electrons. The zero-order valence-corrected chi connectivity index (χ0v) is 15.3. The molecule has 1 aliphatic heterocycles. The fraction of sp³-hybridized carbons (Fsp3) is 0.238. The van der Waals surface area contributed by atoms with E-state index in [2.05, 4.69) is 0 Å². The zero-order chi connectivity index (χ0) is 20.1. The van der Waals surface area contributed by atoms with Gasteiger partial charge in [-0.05, 0) is 31.0 Å². The van der Waals surface area contributed by atoms with Crippen molar-refractivity contribution in [2.45, 2.75) is 32.8 Å². The highest BCUT2D eigenvalue weighted by molar-refractivity contribution is 6.20. The number of fused-ring (bicyclic) bond motifs is 1. The van der Waals surface area contributed by atoms with Crippen LogP contribution in [0.5, 0.6) is 0 Å². The molecule has 2 aromatic carbocycles. The summed E-state index contributed by atoms with van der Waals surface area (Å²) in [6.45, 7) is 2.13. The Morgan fingerprint density at radius 2 is 1.43 bits per heavy atom. The van der Waals surface area contributed by atoms with Crippen LogP contribution in [-0.2, 0) is 25.8 Å². The number of imide groups is 1. The molecule has 0 aromatic heterocycles. The average Bonchev–Trinajstić information content (AvgIpc) is 2.93. The summed E-state index contributed by atoms with van der Waals surface area (Å²) in [5, 5.41) is 0.461. The molecule has 1 aliphatic rings. The molecule has 0 saturated carbocycles. The van der Waals surface area contributed by atoms with Gasteiger partial charge >= 0.3 is 11.9 Å². The average molecular weight is 381 g/mol. The molecular weight excluding hydrogens is 362 g/mol. The predicted octanol–water partition coefficient (Wildman–Crippen LogP) is 2.96. The normalized spacial score (nSPS) is 12.7. The lowest BCUT2D eigenvalue weighted by atomic mass is 10.1. The second-order valence-electron chi connectivity index (χ2n) is 6.41. The summed E-state index contributed by atoms with van der Waals surface area (Å²) in [6.07, 6.45) is 0.102. The summed E-state index contributed by atoms with van der Waals surface area (Å²) in [7, 11) is 0. The molecule has 1 heterocycles. The van der Waals surface area contributed by atoms with Gasteiger partial charge in [-0.25, -0.2) is 4.79 Å². The molecule has 7 nitrogen and oxygen atoms in total. The van der Waals surface area contributed by atoms with Gasteiger partial charge in [0.15, 0.2) is 0 Å². The van der Waals surface area contributed by atoms with E-state index in [-0.39, 0.29) is 37.0 Å². The Morgan fingerprint density at radius 1 is 0.857 bits per heavy atom. The van der Waals surface area contributed by atoms with Gasteiger partial charge in [-0.3, -0.25) is 14.4 Å². The van der Waals surface area contributed by atoms with Crippen LogP contribution in [0.3, 0.4) is 0 Å². The molecule has 0 fully saturated rings. The Bertz CT molecular complexity index is 884. The highest BCUT2D eigenvalue weighted by Crippen LogP contribution is 2.23. The SMILES string of the molecule is Cc1ccc(COC(=O)CCCC(=O)ON2C(=O)c3ccccc3C2=O)cc1. The second kappa shape index (κ2) is 8.47. The molecule has 0 bridgehead atoms. The Hall–Kier alpha value is -3.48. The number of nitrogens with zero attached hydrogens (tertiary/aromatic N) is 1. The molecular formula is C21H19NO6. The number of hydrogen-bond donors (Lipinski definition) is 0. The van der Waals surface area contributed by atoms with Crippen molar-refractivity contribution in [2.75, 3.05) is 0 Å². The largest absolute Gasteiger partial charge is 0.461 e. The van der Waals surface area contributed by atoms with Gasteiger partial charge in [-0.2, -0.15) is 0 Å². The highest BCUT2D eigenvalue weighted by Gasteiger charge is 2.38. The van der Waals surface area contributed by atoms with Crippen LogP contribution in [0.1, 0.15) is 51.1 Å². The number of rotatable bonds is 7. The van der Waals surface area contributed by atoms with Crippen LogP contribution in [-0.4, -0.2) is 28.8 Å². The first kappa shape index (κ1) is 19.3. The molecule has 7 heteroatoms. The molecule has 0 atom stereocenters. The topological polar surface area (TPSA) is 90.0 Å². The molecule has 0 spiro atoms. The van der Waals surface area contributed by atoms with E-state index in [1.54, 1.807) is 12.1 Å². The summed E-state index contributed by atoms with van der Waals surface area (Å²) in [5.74, 6) is -2.55. The number of ether oxygens (including phenoxy) is 1. The fourth-order valence-electron chi connectivity index (χ4n) is 2.69. The van der Waals surface area contributed by atoms with Crippen molar-refractivity contribution < 1.29 is 28.8 Å². The van der Waals surface area contributed by atoms with E-state index in [9.17, 15) is 19.2 Å². The molecule has 2 amide bonds. The van der Waals surface area contributed by atoms with Crippen LogP contribution in [0.15, 0.2) is 48.5 Å². The number of carbonyl (C=O) groups excluding carboxylic acids is 4. The van der Waals surface area contributed by atoms with E-state index >= 15 is 0 Å². The summed E-state index contributed by atoms with van der Waals surface area (Å²) >= 11 is 0. The van der Waals surface area contributed by atoms with Gasteiger partial charge in [-0.15, -0.1) is 0 Å². The third-order valence-electron chi connectivity index (χ3n) is 4.23. The molecule has 144 valence electrons. The maximum Gasteiger partial charge on any atom is 0.333 e. The van der Waals surface area contributed by atoms with Crippen LogP contribution >= 0.6 is 0 Å². The lowest BCUT2D eigenvalue weighted by Gasteiger charge is -2.12. The van der Waals surface area contributed by atoms with Crippen LogP contribution in [0.2, 0.25) is 0 Å². The first-order chi connectivity index (χ1) is 13.5. The Morgan fingerprint density at radius 3 is 2.04 bits per heavy atom. The Balaban J connectivity index is 1.40. The number of esters is 1. The lowest BCUT2D eigenvalue weighted by molar-refractivity contribution is -0.168. The Labute approximate surface area is 161 Å². The minimum Gasteiger partial charge on any atom is -0.461 e. The van der Waals surface area contributed by atoms with E-state index in [1.807, 2.05) is 31.2 Å². The lowest BCUT2D eigenvalue weighted by Crippen LogP contribution is -2.32. The smallest absolute Gasteiger partial charge is 0.333 e. The molecule has 3 rings (SSSR count). The van der Waals surface area contributed by atoms with Crippen molar-refractivity contribution in [1.29, 1.82) is 0 Å². The number of hydrogen-bond acceptors (Lipinski definition) is 6. The van der Waals surface area contributed by atoms with Crippen LogP contribution in [0, 0.1) is 6.92 Å². The number of benzene rings is 2. The maximum atomic E-state index is 12.1. The van der Waals surface area contributed by atoms with Gasteiger partial charge in [0, 0.05) is 12.8 Å². The number of aryl methyl sites for hydroxylation is 1. The van der Waals surface area contributed by atoms with Crippen molar-refractivity contribution in [3.8, 4) is 0 Å². The summed E-state index contributed by atoms with van der Waals surface area (Å²) in [5.41, 5.74) is 2.38. The monoisotopic (exact) mass is 381 g/mol. The van der Waals surface area contributed by atoms with Gasteiger partial charge in [0.2, 0.25) is 0 Å².